The van der Waals surface area contributed by atoms with Gasteiger partial charge in [-0.15, -0.1) is 0 Å². The zero-order valence-corrected chi connectivity index (χ0v) is 27.4. The van der Waals surface area contributed by atoms with Crippen molar-refractivity contribution in [2.75, 3.05) is 12.4 Å². The molecule has 8 N–H and O–H groups in total. The lowest BCUT2D eigenvalue weighted by Gasteiger charge is -2.18. The number of rotatable bonds is 13. The Morgan fingerprint density at radius 2 is 1.85 bits per heavy atom. The lowest BCUT2D eigenvalue weighted by Crippen LogP contribution is -2.32. The van der Waals surface area contributed by atoms with E-state index in [4.69, 9.17) is 0 Å². The van der Waals surface area contributed by atoms with E-state index in [1.807, 2.05) is 31.0 Å². The number of amides is 2. The number of nitrogens with one attached hydrogen (secondary N) is 4. The van der Waals surface area contributed by atoms with Crippen LogP contribution in [0.25, 0.3) is 11.8 Å². The zero-order chi connectivity index (χ0) is 34.4. The Bertz CT molecular complexity index is 1770. The molecule has 0 aromatic carbocycles. The lowest BCUT2D eigenvalue weighted by molar-refractivity contribution is -0.137. The second kappa shape index (κ2) is 13.1. The highest BCUT2D eigenvalue weighted by Crippen LogP contribution is 2.51. The number of hydrogen-bond donors (Lipinski definition) is 9. The fourth-order valence-electron chi connectivity index (χ4n) is 7.27. The molecule has 1 aromatic heterocycles. The molecule has 1 aromatic rings. The third kappa shape index (κ3) is 6.12. The maximum atomic E-state index is 12.6. The first-order valence-corrected chi connectivity index (χ1v) is 16.2. The first kappa shape index (κ1) is 34.1. The number of aliphatic hydroxyl groups is 2. The maximum Gasteiger partial charge on any atom is 0.311 e. The van der Waals surface area contributed by atoms with E-state index in [9.17, 15) is 39.6 Å². The molecule has 0 saturated carbocycles. The molecular formula is C33H41N5O8S. The van der Waals surface area contributed by atoms with Crippen molar-refractivity contribution >= 4 is 48.2 Å². The average Bonchev–Trinajstić information content (AvgIpc) is 3.24. The largest absolute Gasteiger partial charge is 0.511 e. The summed E-state index contributed by atoms with van der Waals surface area (Å²) in [5.41, 5.74) is 6.76. The number of thiol groups is 1. The van der Waals surface area contributed by atoms with Crippen LogP contribution >= 0.6 is 12.6 Å². The van der Waals surface area contributed by atoms with Gasteiger partial charge in [0.1, 0.15) is 12.2 Å². The van der Waals surface area contributed by atoms with Crippen LogP contribution in [0.1, 0.15) is 50.8 Å². The molecule has 5 rings (SSSR count). The molecule has 2 amide bonds. The van der Waals surface area contributed by atoms with Gasteiger partial charge in [-0.1, -0.05) is 19.6 Å². The number of carbonyl (C=O) groups is 4. The third-order valence-electron chi connectivity index (χ3n) is 9.78. The Kier molecular flexibility index (Phi) is 9.49. The fraction of sp³-hybridized carbons (Fsp3) is 0.455. The normalized spacial score (nSPS) is 28.7. The molecule has 1 unspecified atom stereocenters. The first-order valence-electron chi connectivity index (χ1n) is 15.5. The molecule has 14 heteroatoms. The van der Waals surface area contributed by atoms with Crippen LogP contribution < -0.4 is 26.6 Å². The number of carboxylic acids is 2. The van der Waals surface area contributed by atoms with Gasteiger partial charge in [-0.2, -0.15) is 18.1 Å². The van der Waals surface area contributed by atoms with Crippen LogP contribution in [0.3, 0.4) is 0 Å². The minimum Gasteiger partial charge on any atom is -0.511 e. The number of aliphatic carboxylic acids is 2. The van der Waals surface area contributed by atoms with Crippen molar-refractivity contribution in [2.45, 2.75) is 70.6 Å². The molecule has 5 atom stereocenters. The predicted molar refractivity (Wildman–Crippen MR) is 176 cm³/mol. The van der Waals surface area contributed by atoms with Gasteiger partial charge in [0.2, 0.25) is 5.91 Å². The monoisotopic (exact) mass is 667 g/mol. The Morgan fingerprint density at radius 1 is 1.13 bits per heavy atom. The van der Waals surface area contributed by atoms with Crippen molar-refractivity contribution in [2.24, 2.45) is 11.8 Å². The van der Waals surface area contributed by atoms with Crippen LogP contribution in [0.2, 0.25) is 0 Å². The molecule has 2 fully saturated rings. The SMILES string of the molecule is C=CC1=C(CO)[C@@H](Cc2[nH]c(=C\[C@]34NN3/C(=C/C3NC(=O)[C@H](C)[C@H]3CCS)C(C)=C4CCC(=O)O)/c(=C(/O)CC(=O)O)c2C)NC1=O. The molecule has 5 heterocycles. The van der Waals surface area contributed by atoms with Gasteiger partial charge in [-0.3, -0.25) is 24.2 Å². The van der Waals surface area contributed by atoms with E-state index in [1.165, 1.54) is 6.08 Å². The first-order chi connectivity index (χ1) is 22.3. The number of aromatic nitrogens is 1. The zero-order valence-electron chi connectivity index (χ0n) is 26.5. The van der Waals surface area contributed by atoms with Crippen molar-refractivity contribution in [1.82, 2.24) is 26.1 Å². The fourth-order valence-corrected chi connectivity index (χ4v) is 7.57. The summed E-state index contributed by atoms with van der Waals surface area (Å²) < 4.78 is 0. The molecule has 2 saturated heterocycles. The minimum absolute atomic E-state index is 0.0278. The highest BCUT2D eigenvalue weighted by Gasteiger charge is 2.60. The standard InChI is InChI=1S/C33H41N5O8S/c1-5-18-20(14-39)23(36-32(18)46)10-22-17(4)30(27(40)12-29(43)44)25(34-22)13-33-21(6-7-28(41)42)16(3)26(38(33)37-33)11-24-19(8-9-47)15(2)31(45)35-24/h5,11,13,15,19,23-24,34,37,39-40,47H,1,6-10,12,14H2,2-4H3,(H,35,45)(H,36,46)(H,41,42)(H,43,44)/b25-13-,26-11+,30-27+/t15-,19-,23-,24?,33+,38?/m1/s1. The number of allylic oxidation sites excluding steroid dienone is 1. The maximum absolute atomic E-state index is 12.6. The van der Waals surface area contributed by atoms with Gasteiger partial charge < -0.3 is 36.0 Å². The van der Waals surface area contributed by atoms with Crippen molar-refractivity contribution in [3.8, 4) is 0 Å². The molecule has 13 nitrogen and oxygen atoms in total. The van der Waals surface area contributed by atoms with Gasteiger partial charge in [0.25, 0.3) is 5.91 Å². The summed E-state index contributed by atoms with van der Waals surface area (Å²) in [4.78, 5) is 51.7. The van der Waals surface area contributed by atoms with E-state index in [2.05, 4.69) is 40.3 Å². The summed E-state index contributed by atoms with van der Waals surface area (Å²) in [6, 6.07) is -0.815. The number of fused-ring (bicyclic) bond motifs is 1. The molecule has 47 heavy (non-hydrogen) atoms. The van der Waals surface area contributed by atoms with Crippen molar-refractivity contribution in [3.63, 3.8) is 0 Å². The van der Waals surface area contributed by atoms with Crippen molar-refractivity contribution in [3.05, 3.63) is 68.5 Å². The summed E-state index contributed by atoms with van der Waals surface area (Å²) in [7, 11) is 0. The van der Waals surface area contributed by atoms with Gasteiger partial charge in [-0.25, -0.2) is 0 Å². The van der Waals surface area contributed by atoms with E-state index in [0.29, 0.717) is 33.5 Å². The summed E-state index contributed by atoms with van der Waals surface area (Å²) in [5.74, 6) is -2.51. The number of aromatic amines is 1. The van der Waals surface area contributed by atoms with Crippen LogP contribution in [-0.4, -0.2) is 84.3 Å². The van der Waals surface area contributed by atoms with Gasteiger partial charge in [0.15, 0.2) is 5.66 Å². The van der Waals surface area contributed by atoms with Crippen LogP contribution in [-0.2, 0) is 25.6 Å². The predicted octanol–water partition coefficient (Wildman–Crippen LogP) is 0.426. The van der Waals surface area contributed by atoms with E-state index in [-0.39, 0.29) is 66.5 Å². The Hall–Kier alpha value is -4.27. The summed E-state index contributed by atoms with van der Waals surface area (Å²) in [6.07, 6.45) is 5.58. The Morgan fingerprint density at radius 3 is 2.47 bits per heavy atom. The Labute approximate surface area is 276 Å². The third-order valence-corrected chi connectivity index (χ3v) is 10.0. The second-order valence-electron chi connectivity index (χ2n) is 12.5. The van der Waals surface area contributed by atoms with Gasteiger partial charge in [-0.05, 0) is 72.8 Å². The molecule has 0 bridgehead atoms. The average molecular weight is 668 g/mol. The quantitative estimate of drug-likeness (QED) is 0.104. The summed E-state index contributed by atoms with van der Waals surface area (Å²) in [5, 5.41) is 48.6. The lowest BCUT2D eigenvalue weighted by atomic mass is 9.88. The van der Waals surface area contributed by atoms with Crippen molar-refractivity contribution < 1.29 is 39.6 Å². The van der Waals surface area contributed by atoms with Crippen LogP contribution in [0.15, 0.2) is 46.7 Å². The topological polar surface area (TPSA) is 214 Å². The molecule has 4 aliphatic heterocycles. The smallest absolute Gasteiger partial charge is 0.311 e. The Balaban J connectivity index is 1.63. The number of aliphatic hydroxyl groups excluding tert-OH is 2. The van der Waals surface area contributed by atoms with Gasteiger partial charge in [0, 0.05) is 40.6 Å². The van der Waals surface area contributed by atoms with E-state index in [0.717, 1.165) is 23.3 Å². The number of carbonyl (C=O) groups excluding carboxylic acids is 2. The number of nitrogens with zero attached hydrogens (tertiary/aromatic N) is 1. The number of hydrazine groups is 1. The molecular weight excluding hydrogens is 626 g/mol. The highest BCUT2D eigenvalue weighted by atomic mass is 32.1. The van der Waals surface area contributed by atoms with E-state index >= 15 is 0 Å². The molecule has 4 aliphatic rings. The highest BCUT2D eigenvalue weighted by molar-refractivity contribution is 7.80. The van der Waals surface area contributed by atoms with Gasteiger partial charge in [0.05, 0.1) is 24.4 Å². The molecule has 252 valence electrons. The van der Waals surface area contributed by atoms with Gasteiger partial charge >= 0.3 is 11.9 Å². The van der Waals surface area contributed by atoms with Crippen molar-refractivity contribution in [1.29, 1.82) is 0 Å². The minimum atomic E-state index is -1.23. The summed E-state index contributed by atoms with van der Waals surface area (Å²) in [6.45, 7) is 8.84. The van der Waals surface area contributed by atoms with E-state index < -0.39 is 30.1 Å². The van der Waals surface area contributed by atoms with E-state index in [1.54, 1.807) is 6.92 Å². The molecule has 0 radical (unpaired) electrons. The number of carboxylic acid groups (broad SMARTS) is 2. The van der Waals surface area contributed by atoms with Crippen LogP contribution in [0, 0.1) is 18.8 Å². The molecule has 0 aliphatic carbocycles. The molecule has 0 spiro atoms. The van der Waals surface area contributed by atoms with Crippen LogP contribution in [0.4, 0.5) is 0 Å². The number of H-pyrrole nitrogens is 1. The number of hydrogen-bond acceptors (Lipinski definition) is 9. The summed E-state index contributed by atoms with van der Waals surface area (Å²) >= 11 is 4.39. The second-order valence-corrected chi connectivity index (χ2v) is 12.9. The van der Waals surface area contributed by atoms with Crippen LogP contribution in [0.5, 0.6) is 0 Å².